The molecule has 36 heavy (non-hydrogen) atoms. The predicted molar refractivity (Wildman–Crippen MR) is 130 cm³/mol. The van der Waals surface area contributed by atoms with Gasteiger partial charge in [0, 0.05) is 20.1 Å². The number of benzene rings is 2. The maximum absolute atomic E-state index is 14.1. The molecule has 2 atom stereocenters. The Kier molecular flexibility index (Phi) is 10.4. The first-order valence-corrected chi connectivity index (χ1v) is 11.6. The molecule has 7 nitrogen and oxygen atoms in total. The molecule has 0 fully saturated rings. The number of halogens is 2. The van der Waals surface area contributed by atoms with Gasteiger partial charge in [0.15, 0.2) is 0 Å². The van der Waals surface area contributed by atoms with Crippen LogP contribution >= 0.6 is 0 Å². The number of carbonyl (C=O) groups excluding carboxylic acids is 2. The second kappa shape index (κ2) is 12.8. The highest BCUT2D eigenvalue weighted by Crippen LogP contribution is 2.35. The average Bonchev–Trinajstić information content (AvgIpc) is 2.75. The molecule has 0 aliphatic heterocycles. The molecule has 0 aliphatic rings. The molecule has 198 valence electrons. The van der Waals surface area contributed by atoms with Crippen molar-refractivity contribution in [2.24, 2.45) is 0 Å². The van der Waals surface area contributed by atoms with Gasteiger partial charge in [-0.2, -0.15) is 0 Å². The lowest BCUT2D eigenvalue weighted by Gasteiger charge is -2.29. The van der Waals surface area contributed by atoms with Gasteiger partial charge in [-0.05, 0) is 81.1 Å². The molecule has 0 saturated carbocycles. The minimum absolute atomic E-state index is 0.113. The van der Waals surface area contributed by atoms with Crippen molar-refractivity contribution < 1.29 is 37.3 Å². The van der Waals surface area contributed by atoms with Crippen molar-refractivity contribution >= 4 is 12.1 Å². The van der Waals surface area contributed by atoms with Gasteiger partial charge in [-0.3, -0.25) is 0 Å². The van der Waals surface area contributed by atoms with Crippen molar-refractivity contribution in [1.29, 1.82) is 0 Å². The zero-order valence-electron chi connectivity index (χ0n) is 21.8. The smallest absolute Gasteiger partial charge is 0.408 e. The van der Waals surface area contributed by atoms with Gasteiger partial charge in [0.25, 0.3) is 0 Å². The summed E-state index contributed by atoms with van der Waals surface area (Å²) >= 11 is 0. The number of esters is 1. The zero-order valence-corrected chi connectivity index (χ0v) is 21.8. The Hall–Kier alpha value is -3.04. The Balaban J connectivity index is 2.44. The average molecular weight is 508 g/mol. The quantitative estimate of drug-likeness (QED) is 0.443. The third-order valence-electron chi connectivity index (χ3n) is 5.34. The lowest BCUT2D eigenvalue weighted by atomic mass is 9.82. The zero-order chi connectivity index (χ0) is 27.0. The van der Waals surface area contributed by atoms with Crippen molar-refractivity contribution in [2.45, 2.75) is 71.5 Å². The summed E-state index contributed by atoms with van der Waals surface area (Å²) in [6.45, 7) is 8.52. The van der Waals surface area contributed by atoms with E-state index in [0.29, 0.717) is 22.3 Å². The van der Waals surface area contributed by atoms with E-state index in [2.05, 4.69) is 5.32 Å². The molecular weight excluding hydrogens is 472 g/mol. The molecule has 1 amide bonds. The number of hydrogen-bond acceptors (Lipinski definition) is 6. The van der Waals surface area contributed by atoms with Crippen molar-refractivity contribution in [1.82, 2.24) is 5.32 Å². The third kappa shape index (κ3) is 8.27. The van der Waals surface area contributed by atoms with Gasteiger partial charge in [0.05, 0.1) is 13.2 Å². The molecule has 0 unspecified atom stereocenters. The van der Waals surface area contributed by atoms with Gasteiger partial charge in [-0.15, -0.1) is 0 Å². The minimum Gasteiger partial charge on any atom is -0.460 e. The summed E-state index contributed by atoms with van der Waals surface area (Å²) in [7, 11) is 2.98. The molecule has 1 N–H and O–H groups in total. The molecule has 0 aliphatic carbocycles. The van der Waals surface area contributed by atoms with Crippen LogP contribution in [0.3, 0.4) is 0 Å². The van der Waals surface area contributed by atoms with E-state index in [-0.39, 0.29) is 13.2 Å². The number of alkyl carbamates (subject to hydrolysis) is 1. The Morgan fingerprint density at radius 1 is 0.889 bits per heavy atom. The van der Waals surface area contributed by atoms with E-state index < -0.39 is 47.4 Å². The van der Waals surface area contributed by atoms with E-state index in [4.69, 9.17) is 18.9 Å². The number of hydrogen-bond donors (Lipinski definition) is 1. The summed E-state index contributed by atoms with van der Waals surface area (Å²) in [5.74, 6) is -2.19. The molecule has 0 aromatic heterocycles. The van der Waals surface area contributed by atoms with Crippen LogP contribution in [0.1, 0.15) is 62.8 Å². The van der Waals surface area contributed by atoms with E-state index >= 15 is 0 Å². The monoisotopic (exact) mass is 507 g/mol. The lowest BCUT2D eigenvalue weighted by Crippen LogP contribution is -2.43. The second-order valence-electron chi connectivity index (χ2n) is 9.54. The van der Waals surface area contributed by atoms with E-state index in [1.165, 1.54) is 45.4 Å². The number of ether oxygens (including phenoxy) is 4. The summed E-state index contributed by atoms with van der Waals surface area (Å²) in [6.07, 6.45) is -1.54. The van der Waals surface area contributed by atoms with Crippen LogP contribution in [-0.2, 0) is 37.0 Å². The van der Waals surface area contributed by atoms with Gasteiger partial charge < -0.3 is 24.3 Å². The fourth-order valence-electron chi connectivity index (χ4n) is 3.89. The van der Waals surface area contributed by atoms with Crippen molar-refractivity contribution in [2.75, 3.05) is 14.2 Å². The molecule has 9 heteroatoms. The molecule has 0 saturated heterocycles. The molecule has 2 aromatic rings. The van der Waals surface area contributed by atoms with E-state index in [1.54, 1.807) is 39.8 Å². The summed E-state index contributed by atoms with van der Waals surface area (Å²) < 4.78 is 49.7. The molecule has 0 radical (unpaired) electrons. The topological polar surface area (TPSA) is 83.1 Å². The third-order valence-corrected chi connectivity index (χ3v) is 5.34. The van der Waals surface area contributed by atoms with Crippen LogP contribution < -0.4 is 5.32 Å². The van der Waals surface area contributed by atoms with Crippen LogP contribution in [0.2, 0.25) is 0 Å². The van der Waals surface area contributed by atoms with Gasteiger partial charge >= 0.3 is 12.1 Å². The molecule has 2 aromatic carbocycles. The molecule has 2 rings (SSSR count). The summed E-state index contributed by atoms with van der Waals surface area (Å²) in [5.41, 5.74) is 1.67. The highest BCUT2D eigenvalue weighted by Gasteiger charge is 2.31. The summed E-state index contributed by atoms with van der Waals surface area (Å²) in [4.78, 5) is 25.0. The standard InChI is InChI=1S/C27H35F2NO6/c1-16(30-26(32)36-27(3,4)5)25(31)35-17(2)24(22-10-8-20(28)12-18(22)14-33-6)23-11-9-21(29)13-19(23)15-34-7/h8-13,16-17,24H,14-15H2,1-7H3,(H,30,32)/t16-,17-/m0/s1. The van der Waals surface area contributed by atoms with E-state index in [0.717, 1.165) is 0 Å². The van der Waals surface area contributed by atoms with Crippen LogP contribution in [0.4, 0.5) is 13.6 Å². The number of carbonyl (C=O) groups is 2. The van der Waals surface area contributed by atoms with Crippen LogP contribution in [0.5, 0.6) is 0 Å². The molecular formula is C27H35F2NO6. The van der Waals surface area contributed by atoms with Gasteiger partial charge in [-0.1, -0.05) is 12.1 Å². The normalized spacial score (nSPS) is 13.3. The van der Waals surface area contributed by atoms with Crippen LogP contribution in [0.15, 0.2) is 36.4 Å². The second-order valence-corrected chi connectivity index (χ2v) is 9.54. The number of amides is 1. The Morgan fingerprint density at radius 2 is 1.36 bits per heavy atom. The first-order valence-electron chi connectivity index (χ1n) is 11.6. The van der Waals surface area contributed by atoms with Gasteiger partial charge in [0.2, 0.25) is 0 Å². The van der Waals surface area contributed by atoms with Crippen molar-refractivity contribution in [3.05, 3.63) is 70.3 Å². The maximum atomic E-state index is 14.1. The number of nitrogens with one attached hydrogen (secondary N) is 1. The largest absolute Gasteiger partial charge is 0.460 e. The lowest BCUT2D eigenvalue weighted by molar-refractivity contribution is -0.150. The predicted octanol–water partition coefficient (Wildman–Crippen LogP) is 5.23. The van der Waals surface area contributed by atoms with E-state index in [1.807, 2.05) is 0 Å². The van der Waals surface area contributed by atoms with Crippen LogP contribution in [0.25, 0.3) is 0 Å². The molecule has 0 bridgehead atoms. The van der Waals surface area contributed by atoms with Crippen molar-refractivity contribution in [3.8, 4) is 0 Å². The van der Waals surface area contributed by atoms with Crippen molar-refractivity contribution in [3.63, 3.8) is 0 Å². The number of rotatable bonds is 10. The Bertz CT molecular complexity index is 998. The fraction of sp³-hybridized carbons (Fsp3) is 0.481. The van der Waals surface area contributed by atoms with E-state index in [9.17, 15) is 18.4 Å². The number of methoxy groups -OCH3 is 2. The molecule has 0 spiro atoms. The van der Waals surface area contributed by atoms with Crippen LogP contribution in [-0.4, -0.2) is 44.0 Å². The Labute approximate surface area is 211 Å². The first kappa shape index (κ1) is 29.2. The SMILES string of the molecule is COCc1cc(F)ccc1C(c1ccc(F)cc1COC)[C@H](C)OC(=O)[C@H](C)NC(=O)OC(C)(C)C. The van der Waals surface area contributed by atoms with Gasteiger partial charge in [-0.25, -0.2) is 18.4 Å². The van der Waals surface area contributed by atoms with Gasteiger partial charge in [0.1, 0.15) is 29.4 Å². The highest BCUT2D eigenvalue weighted by molar-refractivity contribution is 5.81. The first-order chi connectivity index (χ1) is 16.9. The summed E-state index contributed by atoms with van der Waals surface area (Å²) in [6, 6.07) is 7.52. The fourth-order valence-corrected chi connectivity index (χ4v) is 3.89. The minimum atomic E-state index is -0.999. The maximum Gasteiger partial charge on any atom is 0.408 e. The van der Waals surface area contributed by atoms with Crippen LogP contribution in [0, 0.1) is 11.6 Å². The highest BCUT2D eigenvalue weighted by atomic mass is 19.1. The summed E-state index contributed by atoms with van der Waals surface area (Å²) in [5, 5.41) is 2.46. The molecule has 0 heterocycles. The Morgan fingerprint density at radius 3 is 1.78 bits per heavy atom.